The van der Waals surface area contributed by atoms with Gasteiger partial charge < -0.3 is 5.73 Å². The number of aryl methyl sites for hydroxylation is 1. The van der Waals surface area contributed by atoms with Crippen molar-refractivity contribution in [2.24, 2.45) is 11.7 Å². The Kier molecular flexibility index (Phi) is 4.68. The molecule has 2 heterocycles. The van der Waals surface area contributed by atoms with Crippen molar-refractivity contribution in [1.29, 1.82) is 0 Å². The number of halogens is 1. The van der Waals surface area contributed by atoms with Crippen LogP contribution in [0.4, 0.5) is 0 Å². The van der Waals surface area contributed by atoms with Gasteiger partial charge in [0, 0.05) is 18.0 Å². The van der Waals surface area contributed by atoms with E-state index in [2.05, 4.69) is 10.00 Å². The Labute approximate surface area is 141 Å². The standard InChI is InChI=1S/C17H21ClN4O/c1-12-15(11-21-9-7-13(8-10-21)17(19)23)16(18)22(20-12)14-5-3-2-4-6-14/h2-6,13H,7-11H2,1H3,(H2,19,23). The summed E-state index contributed by atoms with van der Waals surface area (Å²) >= 11 is 6.56. The maximum atomic E-state index is 11.3. The van der Waals surface area contributed by atoms with Gasteiger partial charge in [0.1, 0.15) is 5.15 Å². The number of carbonyl (C=O) groups is 1. The summed E-state index contributed by atoms with van der Waals surface area (Å²) in [7, 11) is 0. The van der Waals surface area contributed by atoms with Gasteiger partial charge in [-0.2, -0.15) is 5.10 Å². The highest BCUT2D eigenvalue weighted by molar-refractivity contribution is 6.30. The molecule has 0 radical (unpaired) electrons. The first-order chi connectivity index (χ1) is 11.1. The molecular formula is C17H21ClN4O. The van der Waals surface area contributed by atoms with E-state index >= 15 is 0 Å². The molecule has 0 atom stereocenters. The van der Waals surface area contributed by atoms with E-state index in [0.29, 0.717) is 5.15 Å². The minimum absolute atomic E-state index is 0.00913. The molecule has 1 aromatic heterocycles. The number of hydrogen-bond acceptors (Lipinski definition) is 3. The molecule has 6 heteroatoms. The minimum atomic E-state index is -0.184. The van der Waals surface area contributed by atoms with Gasteiger partial charge in [0.25, 0.3) is 0 Å². The lowest BCUT2D eigenvalue weighted by atomic mass is 9.96. The molecule has 2 N–H and O–H groups in total. The normalized spacial score (nSPS) is 16.6. The zero-order valence-corrected chi connectivity index (χ0v) is 14.0. The van der Waals surface area contributed by atoms with Crippen LogP contribution in [0.25, 0.3) is 5.69 Å². The molecule has 1 aliphatic heterocycles. The number of aromatic nitrogens is 2. The van der Waals surface area contributed by atoms with Crippen LogP contribution in [0.1, 0.15) is 24.1 Å². The number of hydrogen-bond donors (Lipinski definition) is 1. The van der Waals surface area contributed by atoms with Crippen molar-refractivity contribution in [2.75, 3.05) is 13.1 Å². The smallest absolute Gasteiger partial charge is 0.220 e. The summed E-state index contributed by atoms with van der Waals surface area (Å²) in [5.41, 5.74) is 8.34. The Balaban J connectivity index is 1.75. The van der Waals surface area contributed by atoms with Crippen molar-refractivity contribution in [1.82, 2.24) is 14.7 Å². The lowest BCUT2D eigenvalue weighted by Crippen LogP contribution is -2.38. The summed E-state index contributed by atoms with van der Waals surface area (Å²) < 4.78 is 1.78. The molecule has 122 valence electrons. The number of carbonyl (C=O) groups excluding carboxylic acids is 1. The largest absolute Gasteiger partial charge is 0.369 e. The SMILES string of the molecule is Cc1nn(-c2ccccc2)c(Cl)c1CN1CCC(C(N)=O)CC1. The van der Waals surface area contributed by atoms with Crippen LogP contribution in [0.2, 0.25) is 5.15 Å². The Morgan fingerprint density at radius 2 is 1.96 bits per heavy atom. The van der Waals surface area contributed by atoms with Gasteiger partial charge in [0.2, 0.25) is 5.91 Å². The van der Waals surface area contributed by atoms with E-state index in [1.54, 1.807) is 4.68 Å². The molecule has 0 bridgehead atoms. The first-order valence-electron chi connectivity index (χ1n) is 7.87. The molecule has 1 amide bonds. The van der Waals surface area contributed by atoms with Gasteiger partial charge in [0.05, 0.1) is 11.4 Å². The Hall–Kier alpha value is -1.85. The molecule has 1 saturated heterocycles. The van der Waals surface area contributed by atoms with Crippen molar-refractivity contribution in [3.05, 3.63) is 46.7 Å². The van der Waals surface area contributed by atoms with E-state index in [-0.39, 0.29) is 11.8 Å². The summed E-state index contributed by atoms with van der Waals surface area (Å²) in [6.07, 6.45) is 1.64. The average molecular weight is 333 g/mol. The van der Waals surface area contributed by atoms with E-state index in [0.717, 1.165) is 49.4 Å². The number of primary amides is 1. The van der Waals surface area contributed by atoms with Crippen molar-refractivity contribution in [2.45, 2.75) is 26.3 Å². The molecule has 2 aromatic rings. The van der Waals surface area contributed by atoms with Gasteiger partial charge in [-0.25, -0.2) is 4.68 Å². The third-order valence-electron chi connectivity index (χ3n) is 4.49. The number of amides is 1. The van der Waals surface area contributed by atoms with Crippen molar-refractivity contribution < 1.29 is 4.79 Å². The third kappa shape index (κ3) is 3.41. The number of nitrogens with two attached hydrogens (primary N) is 1. The summed E-state index contributed by atoms with van der Waals surface area (Å²) in [5, 5.41) is 5.23. The van der Waals surface area contributed by atoms with Crippen LogP contribution >= 0.6 is 11.6 Å². The fraction of sp³-hybridized carbons (Fsp3) is 0.412. The lowest BCUT2D eigenvalue weighted by Gasteiger charge is -2.30. The molecule has 3 rings (SSSR count). The van der Waals surface area contributed by atoms with E-state index in [1.807, 2.05) is 37.3 Å². The Morgan fingerprint density at radius 3 is 2.57 bits per heavy atom. The van der Waals surface area contributed by atoms with Crippen LogP contribution in [0, 0.1) is 12.8 Å². The van der Waals surface area contributed by atoms with Gasteiger partial charge >= 0.3 is 0 Å². The zero-order valence-electron chi connectivity index (χ0n) is 13.2. The van der Waals surface area contributed by atoms with E-state index < -0.39 is 0 Å². The summed E-state index contributed by atoms with van der Waals surface area (Å²) in [5.74, 6) is -0.175. The number of benzene rings is 1. The zero-order chi connectivity index (χ0) is 16.4. The van der Waals surface area contributed by atoms with Crippen LogP contribution in [0.5, 0.6) is 0 Å². The fourth-order valence-electron chi connectivity index (χ4n) is 3.05. The molecule has 1 aliphatic rings. The van der Waals surface area contributed by atoms with Gasteiger partial charge in [0.15, 0.2) is 0 Å². The fourth-order valence-corrected chi connectivity index (χ4v) is 3.38. The number of para-hydroxylation sites is 1. The molecule has 0 spiro atoms. The molecule has 23 heavy (non-hydrogen) atoms. The summed E-state index contributed by atoms with van der Waals surface area (Å²) in [4.78, 5) is 13.6. The van der Waals surface area contributed by atoms with Crippen molar-refractivity contribution >= 4 is 17.5 Å². The molecule has 0 saturated carbocycles. The second-order valence-corrected chi connectivity index (χ2v) is 6.41. The van der Waals surface area contributed by atoms with Gasteiger partial charge in [-0.05, 0) is 45.0 Å². The predicted molar refractivity (Wildman–Crippen MR) is 90.5 cm³/mol. The first-order valence-corrected chi connectivity index (χ1v) is 8.25. The van der Waals surface area contributed by atoms with Gasteiger partial charge in [-0.1, -0.05) is 29.8 Å². The van der Waals surface area contributed by atoms with E-state index in [1.165, 1.54) is 0 Å². The topological polar surface area (TPSA) is 64.2 Å². The highest BCUT2D eigenvalue weighted by atomic mass is 35.5. The van der Waals surface area contributed by atoms with E-state index in [9.17, 15) is 4.79 Å². The molecule has 0 unspecified atom stereocenters. The van der Waals surface area contributed by atoms with E-state index in [4.69, 9.17) is 17.3 Å². The third-order valence-corrected chi connectivity index (χ3v) is 4.88. The number of rotatable bonds is 4. The second kappa shape index (κ2) is 6.72. The Morgan fingerprint density at radius 1 is 1.30 bits per heavy atom. The number of piperidine rings is 1. The molecular weight excluding hydrogens is 312 g/mol. The van der Waals surface area contributed by atoms with Crippen molar-refractivity contribution in [3.8, 4) is 5.69 Å². The maximum absolute atomic E-state index is 11.3. The monoisotopic (exact) mass is 332 g/mol. The van der Waals surface area contributed by atoms with Crippen LogP contribution in [-0.2, 0) is 11.3 Å². The molecule has 1 fully saturated rings. The summed E-state index contributed by atoms with van der Waals surface area (Å²) in [6, 6.07) is 9.88. The highest BCUT2D eigenvalue weighted by Crippen LogP contribution is 2.26. The summed E-state index contributed by atoms with van der Waals surface area (Å²) in [6.45, 7) is 4.46. The van der Waals surface area contributed by atoms with Crippen LogP contribution in [0.15, 0.2) is 30.3 Å². The Bertz CT molecular complexity index is 690. The molecule has 0 aliphatic carbocycles. The molecule has 5 nitrogen and oxygen atoms in total. The number of nitrogens with zero attached hydrogens (tertiary/aromatic N) is 3. The van der Waals surface area contributed by atoms with Gasteiger partial charge in [-0.15, -0.1) is 0 Å². The molecule has 1 aromatic carbocycles. The van der Waals surface area contributed by atoms with Crippen LogP contribution in [-0.4, -0.2) is 33.7 Å². The number of likely N-dealkylation sites (tertiary alicyclic amines) is 1. The minimum Gasteiger partial charge on any atom is -0.369 e. The van der Waals surface area contributed by atoms with Gasteiger partial charge in [-0.3, -0.25) is 9.69 Å². The van der Waals surface area contributed by atoms with Crippen LogP contribution in [0.3, 0.4) is 0 Å². The average Bonchev–Trinajstić information content (AvgIpc) is 2.84. The highest BCUT2D eigenvalue weighted by Gasteiger charge is 2.25. The first kappa shape index (κ1) is 16.0. The van der Waals surface area contributed by atoms with Crippen LogP contribution < -0.4 is 5.73 Å². The predicted octanol–water partition coefficient (Wildman–Crippen LogP) is 2.53. The quantitative estimate of drug-likeness (QED) is 0.935. The second-order valence-electron chi connectivity index (χ2n) is 6.05. The lowest BCUT2D eigenvalue weighted by molar-refractivity contribution is -0.123. The maximum Gasteiger partial charge on any atom is 0.220 e. The van der Waals surface area contributed by atoms with Crippen molar-refractivity contribution in [3.63, 3.8) is 0 Å².